The maximum atomic E-state index is 5.83. The topological polar surface area (TPSA) is 12.5 Å². The van der Waals surface area contributed by atoms with Crippen LogP contribution in [0.4, 0.5) is 0 Å². The predicted octanol–water partition coefficient (Wildman–Crippen LogP) is 3.43. The summed E-state index contributed by atoms with van der Waals surface area (Å²) in [7, 11) is 0. The lowest BCUT2D eigenvalue weighted by atomic mass is 10.1. The molecule has 1 fully saturated rings. The monoisotopic (exact) mass is 361 g/mol. The molecule has 2 nitrogen and oxygen atoms in total. The predicted molar refractivity (Wildman–Crippen MR) is 77.5 cm³/mol. The van der Waals surface area contributed by atoms with Crippen molar-refractivity contribution < 1.29 is 4.74 Å². The number of rotatable bonds is 3. The molecule has 94 valence electrons. The van der Waals surface area contributed by atoms with Crippen LogP contribution in [-0.4, -0.2) is 35.5 Å². The van der Waals surface area contributed by atoms with Crippen LogP contribution in [0.3, 0.4) is 0 Å². The first kappa shape index (κ1) is 13.5. The average Bonchev–Trinajstić information content (AvgIpc) is 2.31. The third-order valence-corrected chi connectivity index (χ3v) is 4.14. The first-order valence-corrected chi connectivity index (χ1v) is 7.77. The standard InChI is InChI=1S/C13H17Br2NO/c1-10-7-16(9-13(6-14)17-10)8-11-2-4-12(15)5-3-11/h2-5,10,13H,6-9H2,1H3. The highest BCUT2D eigenvalue weighted by Gasteiger charge is 2.24. The first-order valence-electron chi connectivity index (χ1n) is 5.85. The van der Waals surface area contributed by atoms with Crippen LogP contribution >= 0.6 is 31.9 Å². The van der Waals surface area contributed by atoms with Crippen LogP contribution in [-0.2, 0) is 11.3 Å². The van der Waals surface area contributed by atoms with Crippen molar-refractivity contribution in [1.29, 1.82) is 0 Å². The van der Waals surface area contributed by atoms with Gasteiger partial charge in [0.1, 0.15) is 0 Å². The molecule has 0 radical (unpaired) electrons. The van der Waals surface area contributed by atoms with Crippen molar-refractivity contribution in [3.8, 4) is 0 Å². The lowest BCUT2D eigenvalue weighted by Gasteiger charge is -2.36. The van der Waals surface area contributed by atoms with Crippen molar-refractivity contribution in [3.05, 3.63) is 34.3 Å². The number of alkyl halides is 1. The zero-order valence-electron chi connectivity index (χ0n) is 9.90. The van der Waals surface area contributed by atoms with Gasteiger partial charge in [0.2, 0.25) is 0 Å². The smallest absolute Gasteiger partial charge is 0.0802 e. The number of ether oxygens (including phenoxy) is 1. The maximum absolute atomic E-state index is 5.83. The summed E-state index contributed by atoms with van der Waals surface area (Å²) in [6, 6.07) is 8.54. The molecule has 1 aromatic rings. The molecule has 17 heavy (non-hydrogen) atoms. The molecule has 0 aromatic heterocycles. The third-order valence-electron chi connectivity index (χ3n) is 2.89. The number of morpholine rings is 1. The molecular weight excluding hydrogens is 346 g/mol. The molecule has 2 unspecified atom stereocenters. The summed E-state index contributed by atoms with van der Waals surface area (Å²) < 4.78 is 6.96. The molecule has 1 aliphatic heterocycles. The Morgan fingerprint density at radius 2 is 2.00 bits per heavy atom. The van der Waals surface area contributed by atoms with Crippen LogP contribution < -0.4 is 0 Å². The minimum atomic E-state index is 0.314. The third kappa shape index (κ3) is 4.05. The second-order valence-electron chi connectivity index (χ2n) is 4.54. The average molecular weight is 363 g/mol. The Bertz CT molecular complexity index is 355. The fourth-order valence-corrected chi connectivity index (χ4v) is 2.82. The van der Waals surface area contributed by atoms with E-state index in [9.17, 15) is 0 Å². The fourth-order valence-electron chi connectivity index (χ4n) is 2.20. The van der Waals surface area contributed by atoms with E-state index in [0.29, 0.717) is 12.2 Å². The summed E-state index contributed by atoms with van der Waals surface area (Å²) in [6.45, 7) is 5.17. The molecular formula is C13H17Br2NO. The minimum Gasteiger partial charge on any atom is -0.372 e. The Labute approximate surface area is 120 Å². The summed E-state index contributed by atoms with van der Waals surface area (Å²) in [5.41, 5.74) is 1.36. The Morgan fingerprint density at radius 3 is 2.65 bits per heavy atom. The van der Waals surface area contributed by atoms with Crippen molar-refractivity contribution in [2.75, 3.05) is 18.4 Å². The van der Waals surface area contributed by atoms with Crippen LogP contribution in [0.25, 0.3) is 0 Å². The second kappa shape index (κ2) is 6.32. The Kier molecular flexibility index (Phi) is 5.03. The number of nitrogens with zero attached hydrogens (tertiary/aromatic N) is 1. The van der Waals surface area contributed by atoms with Crippen LogP contribution in [0.2, 0.25) is 0 Å². The van der Waals surface area contributed by atoms with Gasteiger partial charge in [0.05, 0.1) is 12.2 Å². The SMILES string of the molecule is CC1CN(Cc2ccc(Br)cc2)CC(CBr)O1. The molecule has 0 spiro atoms. The molecule has 1 heterocycles. The second-order valence-corrected chi connectivity index (χ2v) is 6.11. The highest BCUT2D eigenvalue weighted by Crippen LogP contribution is 2.17. The quantitative estimate of drug-likeness (QED) is 0.764. The first-order chi connectivity index (χ1) is 8.17. The zero-order chi connectivity index (χ0) is 12.3. The van der Waals surface area contributed by atoms with Gasteiger partial charge in [-0.25, -0.2) is 0 Å². The summed E-state index contributed by atoms with van der Waals surface area (Å²) in [4.78, 5) is 2.46. The molecule has 0 N–H and O–H groups in total. The molecule has 1 aliphatic rings. The molecule has 1 aromatic carbocycles. The van der Waals surface area contributed by atoms with Crippen LogP contribution in [0.15, 0.2) is 28.7 Å². The van der Waals surface area contributed by atoms with Gasteiger partial charge in [-0.05, 0) is 24.6 Å². The summed E-state index contributed by atoms with van der Waals surface area (Å²) >= 11 is 6.96. The summed E-state index contributed by atoms with van der Waals surface area (Å²) in [5.74, 6) is 0. The molecule has 0 saturated carbocycles. The molecule has 1 saturated heterocycles. The van der Waals surface area contributed by atoms with Gasteiger partial charge in [-0.3, -0.25) is 4.90 Å². The van der Waals surface area contributed by atoms with E-state index in [0.717, 1.165) is 29.4 Å². The summed E-state index contributed by atoms with van der Waals surface area (Å²) in [5, 5.41) is 0.911. The Morgan fingerprint density at radius 1 is 1.29 bits per heavy atom. The van der Waals surface area contributed by atoms with Gasteiger partial charge in [0, 0.05) is 29.4 Å². The van der Waals surface area contributed by atoms with E-state index in [-0.39, 0.29) is 0 Å². The van der Waals surface area contributed by atoms with Crippen LogP contribution in [0.5, 0.6) is 0 Å². The Balaban J connectivity index is 1.95. The van der Waals surface area contributed by atoms with Gasteiger partial charge in [-0.2, -0.15) is 0 Å². The van der Waals surface area contributed by atoms with E-state index in [1.165, 1.54) is 5.56 Å². The van der Waals surface area contributed by atoms with E-state index in [1.807, 2.05) is 0 Å². The summed E-state index contributed by atoms with van der Waals surface area (Å²) in [6.07, 6.45) is 0.635. The van der Waals surface area contributed by atoms with Crippen LogP contribution in [0, 0.1) is 0 Å². The van der Waals surface area contributed by atoms with E-state index < -0.39 is 0 Å². The number of hydrogen-bond donors (Lipinski definition) is 0. The van der Waals surface area contributed by atoms with Gasteiger partial charge in [-0.15, -0.1) is 0 Å². The fraction of sp³-hybridized carbons (Fsp3) is 0.538. The highest BCUT2D eigenvalue weighted by molar-refractivity contribution is 9.10. The molecule has 2 rings (SSSR count). The molecule has 2 atom stereocenters. The highest BCUT2D eigenvalue weighted by atomic mass is 79.9. The van der Waals surface area contributed by atoms with E-state index in [1.54, 1.807) is 0 Å². The lowest BCUT2D eigenvalue weighted by molar-refractivity contribution is -0.0678. The number of halogens is 2. The van der Waals surface area contributed by atoms with Crippen LogP contribution in [0.1, 0.15) is 12.5 Å². The van der Waals surface area contributed by atoms with Crippen molar-refractivity contribution in [1.82, 2.24) is 4.90 Å². The van der Waals surface area contributed by atoms with Crippen molar-refractivity contribution >= 4 is 31.9 Å². The van der Waals surface area contributed by atoms with Crippen molar-refractivity contribution in [3.63, 3.8) is 0 Å². The maximum Gasteiger partial charge on any atom is 0.0802 e. The van der Waals surface area contributed by atoms with Gasteiger partial charge >= 0.3 is 0 Å². The van der Waals surface area contributed by atoms with Gasteiger partial charge in [-0.1, -0.05) is 44.0 Å². The molecule has 0 bridgehead atoms. The van der Waals surface area contributed by atoms with E-state index >= 15 is 0 Å². The van der Waals surface area contributed by atoms with Crippen molar-refractivity contribution in [2.24, 2.45) is 0 Å². The number of hydrogen-bond acceptors (Lipinski definition) is 2. The minimum absolute atomic E-state index is 0.314. The lowest BCUT2D eigenvalue weighted by Crippen LogP contribution is -2.46. The Hall–Kier alpha value is 0.1000. The molecule has 4 heteroatoms. The van der Waals surface area contributed by atoms with Gasteiger partial charge < -0.3 is 4.74 Å². The van der Waals surface area contributed by atoms with Gasteiger partial charge in [0.25, 0.3) is 0 Å². The molecule has 0 amide bonds. The largest absolute Gasteiger partial charge is 0.372 e. The van der Waals surface area contributed by atoms with E-state index in [2.05, 4.69) is 67.9 Å². The van der Waals surface area contributed by atoms with Gasteiger partial charge in [0.15, 0.2) is 0 Å². The molecule has 0 aliphatic carbocycles. The normalized spacial score (nSPS) is 26.1. The van der Waals surface area contributed by atoms with E-state index in [4.69, 9.17) is 4.74 Å². The van der Waals surface area contributed by atoms with Crippen molar-refractivity contribution in [2.45, 2.75) is 25.7 Å². The number of benzene rings is 1. The zero-order valence-corrected chi connectivity index (χ0v) is 13.1.